The zero-order valence-corrected chi connectivity index (χ0v) is 16.4. The van der Waals surface area contributed by atoms with E-state index in [1.165, 1.54) is 0 Å². The molecule has 1 amide bonds. The monoisotopic (exact) mass is 386 g/mol. The Morgan fingerprint density at radius 3 is 2.52 bits per heavy atom. The first-order valence-electron chi connectivity index (χ1n) is 9.53. The number of pyridine rings is 1. The second kappa shape index (κ2) is 8.14. The van der Waals surface area contributed by atoms with E-state index in [4.69, 9.17) is 4.74 Å². The third kappa shape index (κ3) is 3.96. The van der Waals surface area contributed by atoms with Crippen molar-refractivity contribution >= 4 is 22.8 Å². The maximum atomic E-state index is 12.4. The molecular formula is C23H22N4O2. The SMILES string of the molecule is CCc1nc2cccnc2n1-c1ccc(CC(=O)Nc2ccc(OC)cc2)cc1. The Labute approximate surface area is 169 Å². The topological polar surface area (TPSA) is 69.0 Å². The van der Waals surface area contributed by atoms with Gasteiger partial charge in [0.25, 0.3) is 0 Å². The van der Waals surface area contributed by atoms with Crippen molar-refractivity contribution in [1.82, 2.24) is 14.5 Å². The number of carbonyl (C=O) groups excluding carboxylic acids is 1. The predicted octanol–water partition coefficient (Wildman–Crippen LogP) is 4.17. The number of anilines is 1. The molecule has 0 atom stereocenters. The van der Waals surface area contributed by atoms with E-state index in [0.29, 0.717) is 6.42 Å². The van der Waals surface area contributed by atoms with Crippen LogP contribution in [-0.4, -0.2) is 27.6 Å². The Hall–Kier alpha value is -3.67. The van der Waals surface area contributed by atoms with Crippen LogP contribution in [0.3, 0.4) is 0 Å². The summed E-state index contributed by atoms with van der Waals surface area (Å²) in [5, 5.41) is 2.91. The van der Waals surface area contributed by atoms with E-state index in [1.807, 2.05) is 60.7 Å². The van der Waals surface area contributed by atoms with Gasteiger partial charge in [-0.2, -0.15) is 0 Å². The maximum Gasteiger partial charge on any atom is 0.228 e. The molecule has 0 fully saturated rings. The number of benzene rings is 2. The van der Waals surface area contributed by atoms with Crippen molar-refractivity contribution in [2.45, 2.75) is 19.8 Å². The van der Waals surface area contributed by atoms with Crippen LogP contribution in [-0.2, 0) is 17.6 Å². The van der Waals surface area contributed by atoms with Crippen LogP contribution in [0.4, 0.5) is 5.69 Å². The van der Waals surface area contributed by atoms with Crippen molar-refractivity contribution in [1.29, 1.82) is 0 Å². The van der Waals surface area contributed by atoms with E-state index in [9.17, 15) is 4.79 Å². The van der Waals surface area contributed by atoms with Crippen molar-refractivity contribution < 1.29 is 9.53 Å². The largest absolute Gasteiger partial charge is 0.497 e. The minimum atomic E-state index is -0.0630. The molecule has 6 heteroatoms. The van der Waals surface area contributed by atoms with Gasteiger partial charge in [0.1, 0.15) is 17.1 Å². The summed E-state index contributed by atoms with van der Waals surface area (Å²) in [6.45, 7) is 2.08. The molecule has 2 heterocycles. The third-order valence-electron chi connectivity index (χ3n) is 4.73. The maximum absolute atomic E-state index is 12.4. The van der Waals surface area contributed by atoms with Crippen LogP contribution in [0.25, 0.3) is 16.9 Å². The number of aryl methyl sites for hydroxylation is 1. The van der Waals surface area contributed by atoms with E-state index in [2.05, 4.69) is 26.8 Å². The average Bonchev–Trinajstić information content (AvgIpc) is 3.13. The number of amides is 1. The lowest BCUT2D eigenvalue weighted by Crippen LogP contribution is -2.14. The van der Waals surface area contributed by atoms with Crippen LogP contribution in [0.2, 0.25) is 0 Å². The van der Waals surface area contributed by atoms with E-state index in [0.717, 1.165) is 46.1 Å². The van der Waals surface area contributed by atoms with Crippen LogP contribution in [0.5, 0.6) is 5.75 Å². The van der Waals surface area contributed by atoms with E-state index in [1.54, 1.807) is 13.3 Å². The number of carbonyl (C=O) groups is 1. The molecule has 0 aliphatic rings. The summed E-state index contributed by atoms with van der Waals surface area (Å²) in [5.74, 6) is 1.65. The predicted molar refractivity (Wildman–Crippen MR) is 114 cm³/mol. The van der Waals surface area contributed by atoms with Crippen LogP contribution >= 0.6 is 0 Å². The van der Waals surface area contributed by atoms with Crippen molar-refractivity contribution in [3.63, 3.8) is 0 Å². The number of ether oxygens (including phenoxy) is 1. The van der Waals surface area contributed by atoms with Crippen molar-refractivity contribution in [2.75, 3.05) is 12.4 Å². The molecule has 4 aromatic rings. The van der Waals surface area contributed by atoms with Gasteiger partial charge >= 0.3 is 0 Å². The van der Waals surface area contributed by atoms with Crippen LogP contribution < -0.4 is 10.1 Å². The number of hydrogen-bond donors (Lipinski definition) is 1. The first-order chi connectivity index (χ1) is 14.2. The summed E-state index contributed by atoms with van der Waals surface area (Å²) in [6, 6.07) is 19.1. The van der Waals surface area contributed by atoms with E-state index < -0.39 is 0 Å². The van der Waals surface area contributed by atoms with Gasteiger partial charge in [0.15, 0.2) is 5.65 Å². The Balaban J connectivity index is 1.50. The quantitative estimate of drug-likeness (QED) is 0.540. The molecule has 2 aromatic carbocycles. The number of nitrogens with zero attached hydrogens (tertiary/aromatic N) is 3. The molecule has 0 saturated heterocycles. The molecule has 146 valence electrons. The number of nitrogens with one attached hydrogen (secondary N) is 1. The number of methoxy groups -OCH3 is 1. The molecule has 29 heavy (non-hydrogen) atoms. The molecule has 0 aliphatic heterocycles. The zero-order valence-electron chi connectivity index (χ0n) is 16.4. The summed E-state index contributed by atoms with van der Waals surface area (Å²) in [6.07, 6.45) is 2.88. The summed E-state index contributed by atoms with van der Waals surface area (Å²) in [4.78, 5) is 21.5. The van der Waals surface area contributed by atoms with Gasteiger partial charge in [-0.15, -0.1) is 0 Å². The van der Waals surface area contributed by atoms with Crippen LogP contribution in [0, 0.1) is 0 Å². The van der Waals surface area contributed by atoms with Gasteiger partial charge in [0, 0.05) is 24.0 Å². The van der Waals surface area contributed by atoms with Gasteiger partial charge < -0.3 is 10.1 Å². The van der Waals surface area contributed by atoms with Crippen molar-refractivity contribution in [3.8, 4) is 11.4 Å². The lowest BCUT2D eigenvalue weighted by molar-refractivity contribution is -0.115. The number of aromatic nitrogens is 3. The van der Waals surface area contributed by atoms with Crippen LogP contribution in [0.15, 0.2) is 66.9 Å². The Kier molecular flexibility index (Phi) is 5.24. The molecular weight excluding hydrogens is 364 g/mol. The zero-order chi connectivity index (χ0) is 20.2. The summed E-state index contributed by atoms with van der Waals surface area (Å²) >= 11 is 0. The molecule has 0 unspecified atom stereocenters. The second-order valence-electron chi connectivity index (χ2n) is 6.68. The highest BCUT2D eigenvalue weighted by Gasteiger charge is 2.12. The molecule has 4 rings (SSSR count). The van der Waals surface area contributed by atoms with Gasteiger partial charge in [0.2, 0.25) is 5.91 Å². The van der Waals surface area contributed by atoms with Crippen LogP contribution in [0.1, 0.15) is 18.3 Å². The first kappa shape index (κ1) is 18.7. The van der Waals surface area contributed by atoms with Crippen molar-refractivity contribution in [2.24, 2.45) is 0 Å². The highest BCUT2D eigenvalue weighted by atomic mass is 16.5. The van der Waals surface area contributed by atoms with Crippen molar-refractivity contribution in [3.05, 3.63) is 78.2 Å². The molecule has 1 N–H and O–H groups in total. The van der Waals surface area contributed by atoms with Gasteiger partial charge in [-0.3, -0.25) is 9.36 Å². The highest BCUT2D eigenvalue weighted by molar-refractivity contribution is 5.92. The molecule has 0 radical (unpaired) electrons. The standard InChI is InChI=1S/C23H22N4O2/c1-3-21-26-20-5-4-14-24-23(20)27(21)18-10-6-16(7-11-18)15-22(28)25-17-8-12-19(29-2)13-9-17/h4-14H,3,15H2,1-2H3,(H,25,28). The fourth-order valence-electron chi connectivity index (χ4n) is 3.30. The van der Waals surface area contributed by atoms with Gasteiger partial charge in [-0.25, -0.2) is 9.97 Å². The molecule has 0 bridgehead atoms. The smallest absolute Gasteiger partial charge is 0.228 e. The Morgan fingerprint density at radius 1 is 1.07 bits per heavy atom. The number of hydrogen-bond acceptors (Lipinski definition) is 4. The normalized spacial score (nSPS) is 10.8. The first-order valence-corrected chi connectivity index (χ1v) is 9.53. The number of rotatable bonds is 6. The minimum absolute atomic E-state index is 0.0630. The third-order valence-corrected chi connectivity index (χ3v) is 4.73. The summed E-state index contributed by atoms with van der Waals surface area (Å²) < 4.78 is 7.20. The van der Waals surface area contributed by atoms with E-state index in [-0.39, 0.29) is 5.91 Å². The summed E-state index contributed by atoms with van der Waals surface area (Å²) in [7, 11) is 1.61. The van der Waals surface area contributed by atoms with Gasteiger partial charge in [-0.1, -0.05) is 19.1 Å². The lowest BCUT2D eigenvalue weighted by Gasteiger charge is -2.09. The molecule has 0 aliphatic carbocycles. The molecule has 2 aromatic heterocycles. The molecule has 0 spiro atoms. The Bertz CT molecular complexity index is 1130. The molecule has 6 nitrogen and oxygen atoms in total. The fraction of sp³-hybridized carbons (Fsp3) is 0.174. The van der Waals surface area contributed by atoms with Gasteiger partial charge in [0.05, 0.1) is 13.5 Å². The lowest BCUT2D eigenvalue weighted by atomic mass is 10.1. The van der Waals surface area contributed by atoms with E-state index >= 15 is 0 Å². The second-order valence-corrected chi connectivity index (χ2v) is 6.68. The highest BCUT2D eigenvalue weighted by Crippen LogP contribution is 2.21. The fourth-order valence-corrected chi connectivity index (χ4v) is 3.30. The number of imidazole rings is 1. The summed E-state index contributed by atoms with van der Waals surface area (Å²) in [5.41, 5.74) is 4.40. The minimum Gasteiger partial charge on any atom is -0.497 e. The number of fused-ring (bicyclic) bond motifs is 1. The average molecular weight is 386 g/mol. The Morgan fingerprint density at radius 2 is 1.83 bits per heavy atom. The van der Waals surface area contributed by atoms with Gasteiger partial charge in [-0.05, 0) is 54.1 Å². The molecule has 0 saturated carbocycles.